The number of methoxy groups -OCH3 is 1. The molecule has 188 valence electrons. The Labute approximate surface area is 213 Å². The van der Waals surface area contributed by atoms with Crippen LogP contribution in [-0.4, -0.2) is 32.5 Å². The first kappa shape index (κ1) is 25.5. The van der Waals surface area contributed by atoms with E-state index >= 15 is 0 Å². The van der Waals surface area contributed by atoms with Crippen molar-refractivity contribution in [1.29, 1.82) is 0 Å². The highest BCUT2D eigenvalue weighted by Gasteiger charge is 2.27. The van der Waals surface area contributed by atoms with Gasteiger partial charge in [-0.05, 0) is 75.4 Å². The third kappa shape index (κ3) is 5.14. The van der Waals surface area contributed by atoms with Gasteiger partial charge in [0, 0.05) is 11.7 Å². The van der Waals surface area contributed by atoms with Crippen LogP contribution >= 0.6 is 11.3 Å². The monoisotopic (exact) mass is 525 g/mol. The van der Waals surface area contributed by atoms with Crippen molar-refractivity contribution in [2.75, 3.05) is 23.3 Å². The quantitative estimate of drug-likeness (QED) is 0.357. The van der Waals surface area contributed by atoms with E-state index in [0.29, 0.717) is 17.1 Å². The van der Waals surface area contributed by atoms with Gasteiger partial charge in [-0.2, -0.15) is 0 Å². The second-order valence-electron chi connectivity index (χ2n) is 8.59. The highest BCUT2D eigenvalue weighted by Crippen LogP contribution is 2.27. The molecule has 8 nitrogen and oxygen atoms in total. The minimum atomic E-state index is -4.04. The lowest BCUT2D eigenvalue weighted by Gasteiger charge is -2.24. The number of ether oxygens (including phenoxy) is 1. The molecule has 1 aromatic heterocycles. The van der Waals surface area contributed by atoms with Crippen molar-refractivity contribution in [1.82, 2.24) is 4.57 Å². The Morgan fingerprint density at radius 2 is 1.72 bits per heavy atom. The van der Waals surface area contributed by atoms with E-state index in [1.807, 2.05) is 20.8 Å². The Bertz CT molecular complexity index is 1550. The summed E-state index contributed by atoms with van der Waals surface area (Å²) in [6, 6.07) is 18.2. The SMILES string of the molecule is COc1ccc(N(CC(=O)Nc2ccc3c(c2)sc(=O)n3C(C)C)S(=O)(=O)c2ccc(C)cc2)cc1. The van der Waals surface area contributed by atoms with Crippen LogP contribution in [0, 0.1) is 6.92 Å². The maximum Gasteiger partial charge on any atom is 0.308 e. The zero-order chi connectivity index (χ0) is 26.0. The number of benzene rings is 3. The van der Waals surface area contributed by atoms with E-state index in [4.69, 9.17) is 4.74 Å². The molecule has 1 N–H and O–H groups in total. The summed E-state index contributed by atoms with van der Waals surface area (Å²) >= 11 is 1.10. The number of carbonyl (C=O) groups is 1. The largest absolute Gasteiger partial charge is 0.497 e. The molecular weight excluding hydrogens is 498 g/mol. The highest BCUT2D eigenvalue weighted by atomic mass is 32.2. The van der Waals surface area contributed by atoms with Crippen molar-refractivity contribution in [3.05, 3.63) is 82.0 Å². The molecule has 0 atom stereocenters. The van der Waals surface area contributed by atoms with Crippen molar-refractivity contribution in [2.24, 2.45) is 0 Å². The Morgan fingerprint density at radius 3 is 2.33 bits per heavy atom. The van der Waals surface area contributed by atoms with Crippen LogP contribution in [-0.2, 0) is 14.8 Å². The summed E-state index contributed by atoms with van der Waals surface area (Å²) in [6.45, 7) is 5.30. The first-order valence-corrected chi connectivity index (χ1v) is 13.5. The number of amides is 1. The molecule has 0 saturated heterocycles. The molecule has 0 aliphatic heterocycles. The van der Waals surface area contributed by atoms with Gasteiger partial charge in [0.25, 0.3) is 10.0 Å². The molecule has 4 rings (SSSR count). The van der Waals surface area contributed by atoms with Crippen LogP contribution in [0.15, 0.2) is 76.4 Å². The van der Waals surface area contributed by atoms with Gasteiger partial charge in [0.05, 0.1) is 27.9 Å². The number of aryl methyl sites for hydroxylation is 1. The normalized spacial score (nSPS) is 11.6. The third-order valence-electron chi connectivity index (χ3n) is 5.67. The summed E-state index contributed by atoms with van der Waals surface area (Å²) in [5, 5.41) is 2.77. The standard InChI is InChI=1S/C26H27N3O5S2/c1-17(2)29-23-14-7-19(15-24(23)35-26(29)31)27-25(30)16-28(20-8-10-21(34-4)11-9-20)36(32,33)22-12-5-18(3)6-13-22/h5-15,17H,16H2,1-4H3,(H,27,30). The van der Waals surface area contributed by atoms with E-state index in [2.05, 4.69) is 5.32 Å². The zero-order valence-corrected chi connectivity index (χ0v) is 22.0. The second-order valence-corrected chi connectivity index (χ2v) is 11.4. The number of hydrogen-bond acceptors (Lipinski definition) is 6. The van der Waals surface area contributed by atoms with Gasteiger partial charge in [0.2, 0.25) is 5.91 Å². The second kappa shape index (κ2) is 10.2. The molecule has 3 aromatic carbocycles. The Morgan fingerprint density at radius 1 is 1.06 bits per heavy atom. The van der Waals surface area contributed by atoms with E-state index < -0.39 is 22.5 Å². The minimum absolute atomic E-state index is 0.0109. The number of aromatic nitrogens is 1. The molecule has 0 saturated carbocycles. The van der Waals surface area contributed by atoms with E-state index in [9.17, 15) is 18.0 Å². The number of hydrogen-bond donors (Lipinski definition) is 1. The van der Waals surface area contributed by atoms with E-state index in [1.165, 1.54) is 19.2 Å². The van der Waals surface area contributed by atoms with Crippen LogP contribution in [0.25, 0.3) is 10.2 Å². The number of fused-ring (bicyclic) bond motifs is 1. The number of anilines is 2. The molecule has 0 aliphatic rings. The Kier molecular flexibility index (Phi) is 7.18. The molecule has 0 bridgehead atoms. The summed E-state index contributed by atoms with van der Waals surface area (Å²) in [4.78, 5) is 25.4. The maximum absolute atomic E-state index is 13.5. The summed E-state index contributed by atoms with van der Waals surface area (Å²) in [5.41, 5.74) is 2.52. The Balaban J connectivity index is 1.64. The predicted octanol–water partition coefficient (Wildman–Crippen LogP) is 4.79. The Hall–Kier alpha value is -3.63. The molecule has 0 fully saturated rings. The van der Waals surface area contributed by atoms with Gasteiger partial charge in [0.15, 0.2) is 0 Å². The van der Waals surface area contributed by atoms with Crippen molar-refractivity contribution < 1.29 is 17.9 Å². The molecule has 0 radical (unpaired) electrons. The molecule has 1 amide bonds. The number of nitrogens with zero attached hydrogens (tertiary/aromatic N) is 2. The van der Waals surface area contributed by atoms with Crippen LogP contribution in [0.1, 0.15) is 25.5 Å². The predicted molar refractivity (Wildman–Crippen MR) is 144 cm³/mol. The van der Waals surface area contributed by atoms with Gasteiger partial charge in [-0.15, -0.1) is 0 Å². The molecule has 10 heteroatoms. The highest BCUT2D eigenvalue weighted by molar-refractivity contribution is 7.92. The van der Waals surface area contributed by atoms with Crippen molar-refractivity contribution >= 4 is 48.9 Å². The summed E-state index contributed by atoms with van der Waals surface area (Å²) in [5.74, 6) is 0.0491. The zero-order valence-electron chi connectivity index (χ0n) is 20.4. The van der Waals surface area contributed by atoms with E-state index in [1.54, 1.807) is 59.2 Å². The molecule has 1 heterocycles. The van der Waals surface area contributed by atoms with Gasteiger partial charge < -0.3 is 10.1 Å². The number of carbonyl (C=O) groups excluding carboxylic acids is 1. The number of sulfonamides is 1. The van der Waals surface area contributed by atoms with Crippen LogP contribution in [0.4, 0.5) is 11.4 Å². The van der Waals surface area contributed by atoms with Gasteiger partial charge in [0.1, 0.15) is 12.3 Å². The van der Waals surface area contributed by atoms with E-state index in [0.717, 1.165) is 31.4 Å². The lowest BCUT2D eigenvalue weighted by Crippen LogP contribution is -2.38. The minimum Gasteiger partial charge on any atom is -0.497 e. The fourth-order valence-electron chi connectivity index (χ4n) is 3.84. The van der Waals surface area contributed by atoms with Crippen molar-refractivity contribution in [2.45, 2.75) is 31.7 Å². The van der Waals surface area contributed by atoms with Gasteiger partial charge in [-0.3, -0.25) is 18.5 Å². The van der Waals surface area contributed by atoms with Crippen molar-refractivity contribution in [3.63, 3.8) is 0 Å². The summed E-state index contributed by atoms with van der Waals surface area (Å²) in [6.07, 6.45) is 0. The van der Waals surface area contributed by atoms with Crippen LogP contribution in [0.2, 0.25) is 0 Å². The van der Waals surface area contributed by atoms with Gasteiger partial charge in [-0.25, -0.2) is 8.42 Å². The lowest BCUT2D eigenvalue weighted by atomic mass is 10.2. The fourth-order valence-corrected chi connectivity index (χ4v) is 6.31. The summed E-state index contributed by atoms with van der Waals surface area (Å²) in [7, 11) is -2.52. The number of rotatable bonds is 8. The molecule has 36 heavy (non-hydrogen) atoms. The third-order valence-corrected chi connectivity index (χ3v) is 8.38. The average Bonchev–Trinajstić information content (AvgIpc) is 3.18. The van der Waals surface area contributed by atoms with Crippen LogP contribution < -0.4 is 19.2 Å². The molecular formula is C26H27N3O5S2. The number of thiazole rings is 1. The molecule has 0 spiro atoms. The van der Waals surface area contributed by atoms with Gasteiger partial charge >= 0.3 is 4.87 Å². The lowest BCUT2D eigenvalue weighted by molar-refractivity contribution is -0.114. The first-order chi connectivity index (χ1) is 17.1. The molecule has 0 unspecified atom stereocenters. The molecule has 4 aromatic rings. The fraction of sp³-hybridized carbons (Fsp3) is 0.231. The molecule has 0 aliphatic carbocycles. The van der Waals surface area contributed by atoms with E-state index in [-0.39, 0.29) is 15.8 Å². The average molecular weight is 526 g/mol. The topological polar surface area (TPSA) is 97.7 Å². The maximum atomic E-state index is 13.5. The summed E-state index contributed by atoms with van der Waals surface area (Å²) < 4.78 is 35.8. The smallest absolute Gasteiger partial charge is 0.308 e. The van der Waals surface area contributed by atoms with Crippen LogP contribution in [0.3, 0.4) is 0 Å². The first-order valence-electron chi connectivity index (χ1n) is 11.3. The van der Waals surface area contributed by atoms with Gasteiger partial charge in [-0.1, -0.05) is 29.0 Å². The van der Waals surface area contributed by atoms with Crippen LogP contribution in [0.5, 0.6) is 5.75 Å². The number of nitrogens with one attached hydrogen (secondary N) is 1. The van der Waals surface area contributed by atoms with Crippen molar-refractivity contribution in [3.8, 4) is 5.75 Å².